The van der Waals surface area contributed by atoms with Crippen LogP contribution in [0.25, 0.3) is 0 Å². The largest absolute Gasteiger partial charge is 0.369 e. The van der Waals surface area contributed by atoms with Crippen molar-refractivity contribution in [1.29, 1.82) is 0 Å². The van der Waals surface area contributed by atoms with Crippen LogP contribution in [0.5, 0.6) is 0 Å². The lowest BCUT2D eigenvalue weighted by molar-refractivity contribution is 0.0979. The van der Waals surface area contributed by atoms with Gasteiger partial charge in [0.15, 0.2) is 0 Å². The molecule has 2 amide bonds. The molecular weight excluding hydrogens is 364 g/mol. The molecule has 0 aliphatic carbocycles. The van der Waals surface area contributed by atoms with Crippen LogP contribution in [0.15, 0.2) is 71.9 Å². The summed E-state index contributed by atoms with van der Waals surface area (Å²) < 4.78 is 2.16. The fraction of sp³-hybridized carbons (Fsp3) is 0.174. The van der Waals surface area contributed by atoms with Gasteiger partial charge in [0, 0.05) is 49.3 Å². The van der Waals surface area contributed by atoms with Crippen molar-refractivity contribution in [1.82, 2.24) is 9.47 Å². The molecule has 6 heteroatoms. The van der Waals surface area contributed by atoms with Crippen molar-refractivity contribution in [2.24, 2.45) is 4.99 Å². The molecular formula is C23H22N4O2. The highest BCUT2D eigenvalue weighted by Gasteiger charge is 2.24. The summed E-state index contributed by atoms with van der Waals surface area (Å²) in [6, 6.07) is 18.7. The van der Waals surface area contributed by atoms with Gasteiger partial charge in [-0.2, -0.15) is 4.99 Å². The third-order valence-electron chi connectivity index (χ3n) is 4.90. The fourth-order valence-electron chi connectivity index (χ4n) is 3.42. The minimum absolute atomic E-state index is 0.0945. The molecule has 0 spiro atoms. The van der Waals surface area contributed by atoms with Gasteiger partial charge in [0.25, 0.3) is 11.8 Å². The summed E-state index contributed by atoms with van der Waals surface area (Å²) in [5.41, 5.74) is 4.08. The van der Waals surface area contributed by atoms with Gasteiger partial charge in [-0.25, -0.2) is 0 Å². The van der Waals surface area contributed by atoms with Crippen molar-refractivity contribution in [2.45, 2.75) is 13.1 Å². The summed E-state index contributed by atoms with van der Waals surface area (Å²) >= 11 is 0. The van der Waals surface area contributed by atoms with E-state index in [2.05, 4.69) is 15.6 Å². The maximum atomic E-state index is 13.3. The van der Waals surface area contributed by atoms with Gasteiger partial charge < -0.3 is 14.4 Å². The summed E-state index contributed by atoms with van der Waals surface area (Å²) in [4.78, 5) is 32.8. The quantitative estimate of drug-likeness (QED) is 0.512. The highest BCUT2D eigenvalue weighted by Crippen LogP contribution is 2.29. The molecule has 0 unspecified atom stereocenters. The lowest BCUT2D eigenvalue weighted by atomic mass is 10.1. The van der Waals surface area contributed by atoms with Crippen molar-refractivity contribution in [3.05, 3.63) is 89.2 Å². The van der Waals surface area contributed by atoms with Gasteiger partial charge in [0.1, 0.15) is 0 Å². The van der Waals surface area contributed by atoms with Crippen LogP contribution >= 0.6 is 0 Å². The number of anilines is 1. The highest BCUT2D eigenvalue weighted by molar-refractivity contribution is 6.07. The predicted octanol–water partition coefficient (Wildman–Crippen LogP) is 3.43. The Hall–Kier alpha value is -3.67. The summed E-state index contributed by atoms with van der Waals surface area (Å²) in [5.74, 6) is -0.432. The molecule has 4 rings (SSSR count). The normalized spacial score (nSPS) is 13.0. The van der Waals surface area contributed by atoms with Gasteiger partial charge in [-0.15, -0.1) is 0 Å². The lowest BCUT2D eigenvalue weighted by Crippen LogP contribution is -2.30. The molecule has 1 aliphatic rings. The number of hydrogen-bond donors (Lipinski definition) is 0. The number of rotatable bonds is 3. The van der Waals surface area contributed by atoms with Crippen molar-refractivity contribution in [3.63, 3.8) is 0 Å². The molecule has 0 radical (unpaired) electrons. The molecule has 6 nitrogen and oxygen atoms in total. The first-order chi connectivity index (χ1) is 14.0. The Bertz CT molecular complexity index is 1080. The molecule has 3 aromatic rings. The smallest absolute Gasteiger partial charge is 0.278 e. The average Bonchev–Trinajstić information content (AvgIpc) is 3.10. The molecule has 0 atom stereocenters. The number of carbonyl (C=O) groups is 2. The van der Waals surface area contributed by atoms with Gasteiger partial charge in [-0.1, -0.05) is 18.2 Å². The van der Waals surface area contributed by atoms with Gasteiger partial charge in [0.2, 0.25) is 0 Å². The zero-order valence-electron chi connectivity index (χ0n) is 16.4. The van der Waals surface area contributed by atoms with Gasteiger partial charge >= 0.3 is 0 Å². The van der Waals surface area contributed by atoms with E-state index in [1.54, 1.807) is 48.2 Å². The van der Waals surface area contributed by atoms with Crippen molar-refractivity contribution >= 4 is 23.8 Å². The Kier molecular flexibility index (Phi) is 4.99. The van der Waals surface area contributed by atoms with E-state index in [1.165, 1.54) is 6.34 Å². The van der Waals surface area contributed by atoms with E-state index in [0.717, 1.165) is 23.5 Å². The number of nitrogens with zero attached hydrogens (tertiary/aromatic N) is 4. The van der Waals surface area contributed by atoms with Crippen molar-refractivity contribution < 1.29 is 9.59 Å². The number of carbonyl (C=O) groups excluding carboxylic acids is 2. The van der Waals surface area contributed by atoms with Crippen LogP contribution in [0.1, 0.15) is 32.0 Å². The Balaban J connectivity index is 1.63. The van der Waals surface area contributed by atoms with Crippen LogP contribution in [-0.2, 0) is 13.1 Å². The molecule has 0 fully saturated rings. The Labute approximate surface area is 169 Å². The summed E-state index contributed by atoms with van der Waals surface area (Å²) in [6.45, 7) is 1.23. The van der Waals surface area contributed by atoms with Crippen LogP contribution in [0.3, 0.4) is 0 Å². The molecule has 0 N–H and O–H groups in total. The van der Waals surface area contributed by atoms with Crippen molar-refractivity contribution in [2.75, 3.05) is 19.0 Å². The number of fused-ring (bicyclic) bond motifs is 2. The van der Waals surface area contributed by atoms with Crippen LogP contribution in [0.2, 0.25) is 0 Å². The molecule has 29 heavy (non-hydrogen) atoms. The number of benzene rings is 2. The molecule has 0 bridgehead atoms. The maximum Gasteiger partial charge on any atom is 0.278 e. The van der Waals surface area contributed by atoms with E-state index in [4.69, 9.17) is 0 Å². The number of amides is 2. The molecule has 2 aromatic carbocycles. The number of para-hydroxylation sites is 1. The topological polar surface area (TPSA) is 57.9 Å². The first-order valence-corrected chi connectivity index (χ1v) is 9.42. The maximum absolute atomic E-state index is 13.3. The van der Waals surface area contributed by atoms with E-state index < -0.39 is 0 Å². The standard InChI is InChI=1S/C23H22N4O2/c1-25(2)16-24-22(28)17-9-11-18(12-10-17)23(29)27-15-20-7-5-13-26(20)14-19-6-3-4-8-21(19)27/h3-13,16H,14-15H2,1-2H3. The molecule has 2 heterocycles. The summed E-state index contributed by atoms with van der Waals surface area (Å²) in [7, 11) is 3.60. The molecule has 1 aromatic heterocycles. The third-order valence-corrected chi connectivity index (χ3v) is 4.90. The zero-order valence-corrected chi connectivity index (χ0v) is 16.4. The zero-order chi connectivity index (χ0) is 20.4. The second-order valence-corrected chi connectivity index (χ2v) is 7.24. The van der Waals surface area contributed by atoms with E-state index in [1.807, 2.05) is 36.5 Å². The van der Waals surface area contributed by atoms with E-state index >= 15 is 0 Å². The average molecular weight is 386 g/mol. The molecule has 0 saturated heterocycles. The Morgan fingerprint density at radius 3 is 2.41 bits per heavy atom. The van der Waals surface area contributed by atoms with Crippen LogP contribution < -0.4 is 4.90 Å². The Morgan fingerprint density at radius 2 is 1.66 bits per heavy atom. The van der Waals surface area contributed by atoms with Crippen LogP contribution in [-0.4, -0.2) is 41.7 Å². The molecule has 1 aliphatic heterocycles. The van der Waals surface area contributed by atoms with Crippen molar-refractivity contribution in [3.8, 4) is 0 Å². The van der Waals surface area contributed by atoms with E-state index in [0.29, 0.717) is 17.7 Å². The van der Waals surface area contributed by atoms with Gasteiger partial charge in [-0.3, -0.25) is 9.59 Å². The lowest BCUT2D eigenvalue weighted by Gasteiger charge is -2.23. The number of aromatic nitrogens is 1. The summed E-state index contributed by atoms with van der Waals surface area (Å²) in [6.07, 6.45) is 3.50. The van der Waals surface area contributed by atoms with Gasteiger partial charge in [0.05, 0.1) is 12.9 Å². The van der Waals surface area contributed by atoms with Crippen LogP contribution in [0, 0.1) is 0 Å². The Morgan fingerprint density at radius 1 is 0.931 bits per heavy atom. The highest BCUT2D eigenvalue weighted by atomic mass is 16.2. The minimum atomic E-state index is -0.337. The second-order valence-electron chi connectivity index (χ2n) is 7.24. The molecule has 0 saturated carbocycles. The number of hydrogen-bond acceptors (Lipinski definition) is 2. The van der Waals surface area contributed by atoms with E-state index in [-0.39, 0.29) is 11.8 Å². The predicted molar refractivity (Wildman–Crippen MR) is 113 cm³/mol. The summed E-state index contributed by atoms with van der Waals surface area (Å²) in [5, 5.41) is 0. The monoisotopic (exact) mass is 386 g/mol. The first-order valence-electron chi connectivity index (χ1n) is 9.42. The number of aliphatic imine (C=N–C) groups is 1. The SMILES string of the molecule is CN(C)C=NC(=O)c1ccc(C(=O)N2Cc3cccn3Cc3ccccc32)cc1. The third kappa shape index (κ3) is 3.82. The first kappa shape index (κ1) is 18.7. The van der Waals surface area contributed by atoms with Crippen LogP contribution in [0.4, 0.5) is 5.69 Å². The minimum Gasteiger partial charge on any atom is -0.369 e. The molecule has 146 valence electrons. The van der Waals surface area contributed by atoms with E-state index in [9.17, 15) is 9.59 Å². The van der Waals surface area contributed by atoms with Gasteiger partial charge in [-0.05, 0) is 48.0 Å². The fourth-order valence-corrected chi connectivity index (χ4v) is 3.42. The second kappa shape index (κ2) is 7.75.